The molecule has 1 saturated heterocycles. The third kappa shape index (κ3) is 3.55. The van der Waals surface area contributed by atoms with E-state index < -0.39 is 5.60 Å². The van der Waals surface area contributed by atoms with Gasteiger partial charge in [0.05, 0.1) is 5.60 Å². The summed E-state index contributed by atoms with van der Waals surface area (Å²) < 4.78 is 0. The summed E-state index contributed by atoms with van der Waals surface area (Å²) in [6, 6.07) is 21.5. The second-order valence-electron chi connectivity index (χ2n) is 7.22. The molecule has 0 aliphatic carbocycles. The molecule has 2 heteroatoms. The van der Waals surface area contributed by atoms with Gasteiger partial charge in [0.2, 0.25) is 0 Å². The first-order valence-corrected chi connectivity index (χ1v) is 9.22. The summed E-state index contributed by atoms with van der Waals surface area (Å²) in [7, 11) is 0. The van der Waals surface area contributed by atoms with Gasteiger partial charge in [-0.2, -0.15) is 0 Å². The Morgan fingerprint density at radius 1 is 1.00 bits per heavy atom. The van der Waals surface area contributed by atoms with Crippen molar-refractivity contribution in [3.05, 3.63) is 71.8 Å². The average molecular weight is 323 g/mol. The van der Waals surface area contributed by atoms with E-state index in [1.54, 1.807) is 0 Å². The summed E-state index contributed by atoms with van der Waals surface area (Å²) in [6.07, 6.45) is 3.85. The predicted octanol–water partition coefficient (Wildman–Crippen LogP) is 5.02. The molecule has 1 heterocycles. The van der Waals surface area contributed by atoms with Gasteiger partial charge in [0.25, 0.3) is 0 Å². The fourth-order valence-corrected chi connectivity index (χ4v) is 4.03. The maximum atomic E-state index is 11.5. The van der Waals surface area contributed by atoms with Crippen molar-refractivity contribution in [2.75, 3.05) is 0 Å². The van der Waals surface area contributed by atoms with E-state index in [1.165, 1.54) is 11.1 Å². The highest BCUT2D eigenvalue weighted by atomic mass is 16.3. The van der Waals surface area contributed by atoms with Crippen LogP contribution in [-0.2, 0) is 0 Å². The highest BCUT2D eigenvalue weighted by molar-refractivity contribution is 5.26. The highest BCUT2D eigenvalue weighted by Crippen LogP contribution is 2.45. The molecule has 2 aromatic carbocycles. The number of nitrogens with one attached hydrogen (secondary N) is 1. The summed E-state index contributed by atoms with van der Waals surface area (Å²) in [6.45, 7) is 4.39. The lowest BCUT2D eigenvalue weighted by Gasteiger charge is -2.48. The molecular formula is C22H29NO. The minimum atomic E-state index is -0.623. The Bertz CT molecular complexity index is 627. The Hall–Kier alpha value is -1.64. The van der Waals surface area contributed by atoms with Gasteiger partial charge in [-0.25, -0.2) is 0 Å². The quantitative estimate of drug-likeness (QED) is 0.810. The minimum absolute atomic E-state index is 0.173. The van der Waals surface area contributed by atoms with E-state index in [-0.39, 0.29) is 18.0 Å². The van der Waals surface area contributed by atoms with E-state index in [0.29, 0.717) is 0 Å². The third-order valence-electron chi connectivity index (χ3n) is 5.61. The number of benzene rings is 2. The summed E-state index contributed by atoms with van der Waals surface area (Å²) in [5, 5.41) is 15.3. The van der Waals surface area contributed by atoms with Crippen molar-refractivity contribution >= 4 is 0 Å². The first-order chi connectivity index (χ1) is 11.6. The number of rotatable bonds is 5. The summed E-state index contributed by atoms with van der Waals surface area (Å²) in [4.78, 5) is 0. The molecule has 2 aromatic rings. The zero-order chi connectivity index (χ0) is 17.0. The monoisotopic (exact) mass is 323 g/mol. The van der Waals surface area contributed by atoms with Gasteiger partial charge in [0.1, 0.15) is 0 Å². The topological polar surface area (TPSA) is 32.3 Å². The van der Waals surface area contributed by atoms with Crippen LogP contribution in [0.1, 0.15) is 62.7 Å². The van der Waals surface area contributed by atoms with E-state index in [0.717, 1.165) is 25.7 Å². The van der Waals surface area contributed by atoms with Crippen LogP contribution in [0.15, 0.2) is 60.7 Å². The first kappa shape index (κ1) is 17.2. The Labute approximate surface area is 145 Å². The van der Waals surface area contributed by atoms with E-state index in [9.17, 15) is 5.11 Å². The highest BCUT2D eigenvalue weighted by Gasteiger charge is 2.45. The van der Waals surface area contributed by atoms with Crippen molar-refractivity contribution in [3.63, 3.8) is 0 Å². The molecule has 2 nitrogen and oxygen atoms in total. The van der Waals surface area contributed by atoms with Crippen molar-refractivity contribution in [1.82, 2.24) is 5.32 Å². The predicted molar refractivity (Wildman–Crippen MR) is 99.8 cm³/mol. The van der Waals surface area contributed by atoms with Crippen molar-refractivity contribution < 1.29 is 5.11 Å². The standard InChI is InChI=1S/C22H29NO/c1-3-4-15-22(24)16-20(18-11-7-5-8-12-18)23-21(17(22)2)19-13-9-6-10-14-19/h5-14,17,20-21,23-24H,3-4,15-16H2,1-2H3/t17-,20+,21-,22-/m0/s1. The van der Waals surface area contributed by atoms with E-state index in [1.807, 2.05) is 6.07 Å². The molecule has 1 aliphatic heterocycles. The zero-order valence-electron chi connectivity index (χ0n) is 14.8. The molecule has 1 fully saturated rings. The van der Waals surface area contributed by atoms with Crippen molar-refractivity contribution in [1.29, 1.82) is 0 Å². The van der Waals surface area contributed by atoms with Crippen LogP contribution >= 0.6 is 0 Å². The maximum Gasteiger partial charge on any atom is 0.0709 e. The molecule has 4 atom stereocenters. The van der Waals surface area contributed by atoms with Gasteiger partial charge in [0.15, 0.2) is 0 Å². The lowest BCUT2D eigenvalue weighted by molar-refractivity contribution is -0.0752. The van der Waals surface area contributed by atoms with Crippen molar-refractivity contribution in [2.24, 2.45) is 5.92 Å². The smallest absolute Gasteiger partial charge is 0.0709 e. The Balaban J connectivity index is 1.93. The van der Waals surface area contributed by atoms with Gasteiger partial charge < -0.3 is 10.4 Å². The molecule has 0 saturated carbocycles. The van der Waals surface area contributed by atoms with E-state index >= 15 is 0 Å². The summed E-state index contributed by atoms with van der Waals surface area (Å²) in [5.74, 6) is 0.186. The molecule has 2 N–H and O–H groups in total. The molecule has 0 amide bonds. The van der Waals surface area contributed by atoms with Gasteiger partial charge in [-0.15, -0.1) is 0 Å². The van der Waals surface area contributed by atoms with Gasteiger partial charge in [-0.3, -0.25) is 0 Å². The van der Waals surface area contributed by atoms with E-state index in [4.69, 9.17) is 0 Å². The molecule has 0 bridgehead atoms. The number of piperidine rings is 1. The second kappa shape index (κ2) is 7.50. The van der Waals surface area contributed by atoms with Crippen molar-refractivity contribution in [2.45, 2.75) is 57.2 Å². The number of unbranched alkanes of at least 4 members (excludes halogenated alkanes) is 1. The molecular weight excluding hydrogens is 294 g/mol. The fraction of sp³-hybridized carbons (Fsp3) is 0.455. The Morgan fingerprint density at radius 2 is 1.58 bits per heavy atom. The van der Waals surface area contributed by atoms with Gasteiger partial charge in [-0.1, -0.05) is 87.4 Å². The minimum Gasteiger partial charge on any atom is -0.389 e. The first-order valence-electron chi connectivity index (χ1n) is 9.22. The van der Waals surface area contributed by atoms with E-state index in [2.05, 4.69) is 73.8 Å². The van der Waals surface area contributed by atoms with Crippen LogP contribution in [0.3, 0.4) is 0 Å². The number of hydrogen-bond donors (Lipinski definition) is 2. The SMILES string of the molecule is CCCC[C@]1(O)C[C@H](c2ccccc2)N[C@H](c2ccccc2)[C@@H]1C. The lowest BCUT2D eigenvalue weighted by Crippen LogP contribution is -2.52. The fourth-order valence-electron chi connectivity index (χ4n) is 4.03. The summed E-state index contributed by atoms with van der Waals surface area (Å²) >= 11 is 0. The Morgan fingerprint density at radius 3 is 2.17 bits per heavy atom. The molecule has 0 aromatic heterocycles. The van der Waals surface area contributed by atoms with Crippen LogP contribution in [0.5, 0.6) is 0 Å². The Kier molecular flexibility index (Phi) is 5.37. The van der Waals surface area contributed by atoms with Gasteiger partial charge >= 0.3 is 0 Å². The normalized spacial score (nSPS) is 30.2. The van der Waals surface area contributed by atoms with Gasteiger partial charge in [0, 0.05) is 18.0 Å². The van der Waals surface area contributed by atoms with Crippen LogP contribution in [0.4, 0.5) is 0 Å². The molecule has 0 radical (unpaired) electrons. The summed E-state index contributed by atoms with van der Waals surface area (Å²) in [5.41, 5.74) is 1.91. The van der Waals surface area contributed by atoms with Crippen LogP contribution in [0.25, 0.3) is 0 Å². The van der Waals surface area contributed by atoms with Gasteiger partial charge in [-0.05, 0) is 24.0 Å². The average Bonchev–Trinajstić information content (AvgIpc) is 2.64. The van der Waals surface area contributed by atoms with Crippen LogP contribution < -0.4 is 5.32 Å². The number of hydrogen-bond acceptors (Lipinski definition) is 2. The largest absolute Gasteiger partial charge is 0.389 e. The molecule has 0 spiro atoms. The lowest BCUT2D eigenvalue weighted by atomic mass is 9.70. The molecule has 128 valence electrons. The molecule has 3 rings (SSSR count). The van der Waals surface area contributed by atoms with Crippen LogP contribution in [0, 0.1) is 5.92 Å². The molecule has 0 unspecified atom stereocenters. The second-order valence-corrected chi connectivity index (χ2v) is 7.22. The molecule has 24 heavy (non-hydrogen) atoms. The third-order valence-corrected chi connectivity index (χ3v) is 5.61. The number of aliphatic hydroxyl groups is 1. The van der Waals surface area contributed by atoms with Crippen LogP contribution in [-0.4, -0.2) is 10.7 Å². The van der Waals surface area contributed by atoms with Crippen molar-refractivity contribution in [3.8, 4) is 0 Å². The zero-order valence-corrected chi connectivity index (χ0v) is 14.8. The molecule has 1 aliphatic rings. The maximum absolute atomic E-state index is 11.5. The van der Waals surface area contributed by atoms with Crippen LogP contribution in [0.2, 0.25) is 0 Å².